The molecule has 1 saturated carbocycles. The Balaban J connectivity index is 2.01. The molecule has 1 aliphatic rings. The summed E-state index contributed by atoms with van der Waals surface area (Å²) in [4.78, 5) is 14.6. The van der Waals surface area contributed by atoms with E-state index in [0.717, 1.165) is 6.54 Å². The van der Waals surface area contributed by atoms with Crippen LogP contribution in [0.15, 0.2) is 16.7 Å². The summed E-state index contributed by atoms with van der Waals surface area (Å²) in [6.07, 6.45) is 7.84. The summed E-state index contributed by atoms with van der Waals surface area (Å²) < 4.78 is 0.623. The Bertz CT molecular complexity index is 433. The van der Waals surface area contributed by atoms with Gasteiger partial charge in [0.1, 0.15) is 0 Å². The van der Waals surface area contributed by atoms with Gasteiger partial charge in [-0.1, -0.05) is 19.3 Å². The van der Waals surface area contributed by atoms with Gasteiger partial charge in [-0.15, -0.1) is 0 Å². The average molecular weight is 314 g/mol. The SMILES string of the molecule is O=[N+]([O-])c1cc(Br)cnc1NCC1CCCCC1. The number of pyridine rings is 1. The first-order valence-corrected chi connectivity index (χ1v) is 7.00. The summed E-state index contributed by atoms with van der Waals surface area (Å²) in [7, 11) is 0. The van der Waals surface area contributed by atoms with Crippen LogP contribution in [0.25, 0.3) is 0 Å². The molecule has 0 spiro atoms. The molecule has 1 fully saturated rings. The smallest absolute Gasteiger partial charge is 0.312 e. The zero-order valence-electron chi connectivity index (χ0n) is 10.1. The maximum Gasteiger partial charge on any atom is 0.312 e. The van der Waals surface area contributed by atoms with Gasteiger partial charge in [-0.05, 0) is 34.7 Å². The number of anilines is 1. The fraction of sp³-hybridized carbons (Fsp3) is 0.583. The molecular weight excluding hydrogens is 298 g/mol. The summed E-state index contributed by atoms with van der Waals surface area (Å²) >= 11 is 3.20. The Hall–Kier alpha value is -1.17. The largest absolute Gasteiger partial charge is 0.364 e. The van der Waals surface area contributed by atoms with Crippen molar-refractivity contribution in [1.82, 2.24) is 4.98 Å². The molecule has 0 unspecified atom stereocenters. The predicted molar refractivity (Wildman–Crippen MR) is 73.7 cm³/mol. The third kappa shape index (κ3) is 3.41. The highest BCUT2D eigenvalue weighted by Crippen LogP contribution is 2.27. The van der Waals surface area contributed by atoms with Gasteiger partial charge in [0.05, 0.1) is 4.92 Å². The molecule has 1 aliphatic carbocycles. The molecule has 1 aromatic rings. The fourth-order valence-corrected chi connectivity index (χ4v) is 2.66. The van der Waals surface area contributed by atoms with Crippen molar-refractivity contribution < 1.29 is 4.92 Å². The Kier molecular flexibility index (Phi) is 4.52. The van der Waals surface area contributed by atoms with Gasteiger partial charge in [0.15, 0.2) is 0 Å². The highest BCUT2D eigenvalue weighted by atomic mass is 79.9. The quantitative estimate of drug-likeness (QED) is 0.679. The maximum atomic E-state index is 10.9. The third-order valence-electron chi connectivity index (χ3n) is 3.31. The Morgan fingerprint density at radius 2 is 2.17 bits per heavy atom. The molecule has 1 aromatic heterocycles. The number of hydrogen-bond acceptors (Lipinski definition) is 4. The number of nitro groups is 1. The van der Waals surface area contributed by atoms with Gasteiger partial charge in [-0.25, -0.2) is 4.98 Å². The zero-order valence-corrected chi connectivity index (χ0v) is 11.6. The molecule has 0 amide bonds. The maximum absolute atomic E-state index is 10.9. The van der Waals surface area contributed by atoms with E-state index in [4.69, 9.17) is 0 Å². The lowest BCUT2D eigenvalue weighted by molar-refractivity contribution is -0.384. The normalized spacial score (nSPS) is 16.5. The van der Waals surface area contributed by atoms with Crippen LogP contribution in [0.5, 0.6) is 0 Å². The van der Waals surface area contributed by atoms with Crippen molar-refractivity contribution in [2.24, 2.45) is 5.92 Å². The number of nitrogens with one attached hydrogen (secondary N) is 1. The first-order valence-electron chi connectivity index (χ1n) is 6.20. The summed E-state index contributed by atoms with van der Waals surface area (Å²) in [6, 6.07) is 1.48. The second-order valence-corrected chi connectivity index (χ2v) is 5.58. The molecule has 0 radical (unpaired) electrons. The molecule has 18 heavy (non-hydrogen) atoms. The third-order valence-corrected chi connectivity index (χ3v) is 3.75. The fourth-order valence-electron chi connectivity index (χ4n) is 2.34. The first-order chi connectivity index (χ1) is 8.66. The van der Waals surface area contributed by atoms with Crippen molar-refractivity contribution in [3.8, 4) is 0 Å². The number of rotatable bonds is 4. The Labute approximate surface area is 114 Å². The van der Waals surface area contributed by atoms with Gasteiger partial charge in [-0.3, -0.25) is 10.1 Å². The molecular formula is C12H16BrN3O2. The lowest BCUT2D eigenvalue weighted by Gasteiger charge is -2.21. The predicted octanol–water partition coefficient (Wildman–Crippen LogP) is 3.74. The van der Waals surface area contributed by atoms with Gasteiger partial charge in [0.2, 0.25) is 5.82 Å². The average Bonchev–Trinajstić information content (AvgIpc) is 2.38. The van der Waals surface area contributed by atoms with Crippen LogP contribution in [0.1, 0.15) is 32.1 Å². The number of aromatic nitrogens is 1. The van der Waals surface area contributed by atoms with Crippen molar-refractivity contribution >= 4 is 27.4 Å². The van der Waals surface area contributed by atoms with E-state index < -0.39 is 4.92 Å². The monoisotopic (exact) mass is 313 g/mol. The molecule has 0 atom stereocenters. The topological polar surface area (TPSA) is 68.1 Å². The van der Waals surface area contributed by atoms with Gasteiger partial charge in [0.25, 0.3) is 0 Å². The van der Waals surface area contributed by atoms with Crippen molar-refractivity contribution in [1.29, 1.82) is 0 Å². The number of hydrogen-bond donors (Lipinski definition) is 1. The van der Waals surface area contributed by atoms with Gasteiger partial charge in [0, 0.05) is 23.3 Å². The van der Waals surface area contributed by atoms with E-state index in [1.165, 1.54) is 38.2 Å². The molecule has 0 aromatic carbocycles. The van der Waals surface area contributed by atoms with Crippen LogP contribution in [0, 0.1) is 16.0 Å². The second kappa shape index (κ2) is 6.13. The summed E-state index contributed by atoms with van der Waals surface area (Å²) in [5, 5.41) is 14.0. The second-order valence-electron chi connectivity index (χ2n) is 4.66. The highest BCUT2D eigenvalue weighted by molar-refractivity contribution is 9.10. The molecule has 2 rings (SSSR count). The summed E-state index contributed by atoms with van der Waals surface area (Å²) in [6.45, 7) is 0.773. The van der Waals surface area contributed by atoms with Crippen LogP contribution in [-0.2, 0) is 0 Å². The molecule has 1 heterocycles. The number of halogens is 1. The number of nitrogens with zero attached hydrogens (tertiary/aromatic N) is 2. The van der Waals surface area contributed by atoms with E-state index in [1.54, 1.807) is 6.20 Å². The van der Waals surface area contributed by atoms with E-state index in [2.05, 4.69) is 26.2 Å². The van der Waals surface area contributed by atoms with E-state index in [0.29, 0.717) is 16.2 Å². The van der Waals surface area contributed by atoms with Gasteiger partial charge < -0.3 is 5.32 Å². The van der Waals surface area contributed by atoms with E-state index in [9.17, 15) is 10.1 Å². The van der Waals surface area contributed by atoms with Crippen molar-refractivity contribution in [3.05, 3.63) is 26.9 Å². The van der Waals surface area contributed by atoms with E-state index in [1.807, 2.05) is 0 Å². The summed E-state index contributed by atoms with van der Waals surface area (Å²) in [5.41, 5.74) is 0.0279. The van der Waals surface area contributed by atoms with Crippen LogP contribution in [0.4, 0.5) is 11.5 Å². The molecule has 5 nitrogen and oxygen atoms in total. The standard InChI is InChI=1S/C12H16BrN3O2/c13-10-6-11(16(17)18)12(15-8-10)14-7-9-4-2-1-3-5-9/h6,8-9H,1-5,7H2,(H,14,15). The molecule has 0 saturated heterocycles. The zero-order chi connectivity index (χ0) is 13.0. The molecule has 1 N–H and O–H groups in total. The van der Waals surface area contributed by atoms with Crippen LogP contribution in [0.2, 0.25) is 0 Å². The van der Waals surface area contributed by atoms with Gasteiger partial charge in [-0.2, -0.15) is 0 Å². The molecule has 0 aliphatic heterocycles. The van der Waals surface area contributed by atoms with Crippen molar-refractivity contribution in [2.45, 2.75) is 32.1 Å². The molecule has 6 heteroatoms. The Morgan fingerprint density at radius 3 is 2.83 bits per heavy atom. The van der Waals surface area contributed by atoms with E-state index in [-0.39, 0.29) is 5.69 Å². The lowest BCUT2D eigenvalue weighted by atomic mass is 9.89. The first kappa shape index (κ1) is 13.3. The molecule has 0 bridgehead atoms. The van der Waals surface area contributed by atoms with Crippen LogP contribution in [0.3, 0.4) is 0 Å². The van der Waals surface area contributed by atoms with E-state index >= 15 is 0 Å². The van der Waals surface area contributed by atoms with Crippen LogP contribution < -0.4 is 5.32 Å². The van der Waals surface area contributed by atoms with Crippen molar-refractivity contribution in [3.63, 3.8) is 0 Å². The molecule has 98 valence electrons. The summed E-state index contributed by atoms with van der Waals surface area (Å²) in [5.74, 6) is 0.984. The Morgan fingerprint density at radius 1 is 1.44 bits per heavy atom. The van der Waals surface area contributed by atoms with Crippen LogP contribution in [-0.4, -0.2) is 16.5 Å². The minimum absolute atomic E-state index is 0.0279. The minimum atomic E-state index is -0.402. The van der Waals surface area contributed by atoms with Gasteiger partial charge >= 0.3 is 5.69 Å². The lowest BCUT2D eigenvalue weighted by Crippen LogP contribution is -2.18. The van der Waals surface area contributed by atoms with Crippen molar-refractivity contribution in [2.75, 3.05) is 11.9 Å². The van der Waals surface area contributed by atoms with Crippen LogP contribution >= 0.6 is 15.9 Å². The highest BCUT2D eigenvalue weighted by Gasteiger charge is 2.18. The minimum Gasteiger partial charge on any atom is -0.364 e.